The fourth-order valence-corrected chi connectivity index (χ4v) is 3.55. The summed E-state index contributed by atoms with van der Waals surface area (Å²) in [6, 6.07) is 17.6. The van der Waals surface area contributed by atoms with E-state index in [-0.39, 0.29) is 5.82 Å². The normalized spacial score (nSPS) is 11.0. The van der Waals surface area contributed by atoms with E-state index in [1.165, 1.54) is 23.9 Å². The molecular weight excluding hydrogens is 373 g/mol. The molecule has 4 nitrogen and oxygen atoms in total. The molecule has 2 aromatic heterocycles. The Hall–Kier alpha value is -2.57. The van der Waals surface area contributed by atoms with Gasteiger partial charge in [0.15, 0.2) is 10.9 Å². The number of nitrogens with zero attached hydrogens (tertiary/aromatic N) is 3. The minimum atomic E-state index is -0.251. The summed E-state index contributed by atoms with van der Waals surface area (Å²) in [7, 11) is 0. The molecule has 130 valence electrons. The third-order valence-electron chi connectivity index (χ3n) is 3.72. The molecule has 0 saturated carbocycles. The minimum Gasteiger partial charge on any atom is -0.461 e. The average Bonchev–Trinajstić information content (AvgIpc) is 3.30. The van der Waals surface area contributed by atoms with Crippen molar-refractivity contribution in [2.75, 3.05) is 0 Å². The SMILES string of the molecule is Fc1cccc(CSc2nnc(-c3ccco3)n2-c2ccc(Cl)cc2)c1. The predicted molar refractivity (Wildman–Crippen MR) is 100 cm³/mol. The number of hydrogen-bond donors (Lipinski definition) is 0. The van der Waals surface area contributed by atoms with E-state index in [9.17, 15) is 4.39 Å². The molecule has 0 aliphatic rings. The van der Waals surface area contributed by atoms with E-state index in [2.05, 4.69) is 10.2 Å². The number of rotatable bonds is 5. The van der Waals surface area contributed by atoms with Crippen molar-refractivity contribution in [1.82, 2.24) is 14.8 Å². The molecule has 4 rings (SSSR count). The number of thioether (sulfide) groups is 1. The van der Waals surface area contributed by atoms with Crippen LogP contribution in [-0.2, 0) is 5.75 Å². The van der Waals surface area contributed by atoms with Crippen LogP contribution in [0.5, 0.6) is 0 Å². The van der Waals surface area contributed by atoms with Crippen molar-refractivity contribution in [3.8, 4) is 17.3 Å². The number of hydrogen-bond acceptors (Lipinski definition) is 4. The van der Waals surface area contributed by atoms with Gasteiger partial charge in [0.2, 0.25) is 5.82 Å². The number of aromatic nitrogens is 3. The van der Waals surface area contributed by atoms with E-state index >= 15 is 0 Å². The monoisotopic (exact) mass is 385 g/mol. The highest BCUT2D eigenvalue weighted by Crippen LogP contribution is 2.30. The van der Waals surface area contributed by atoms with Crippen LogP contribution in [0.25, 0.3) is 17.3 Å². The molecule has 2 heterocycles. The summed E-state index contributed by atoms with van der Waals surface area (Å²) in [5.74, 6) is 1.53. The quantitative estimate of drug-likeness (QED) is 0.419. The molecule has 4 aromatic rings. The van der Waals surface area contributed by atoms with Crippen LogP contribution in [0.4, 0.5) is 4.39 Å². The van der Waals surface area contributed by atoms with E-state index in [1.54, 1.807) is 18.4 Å². The van der Waals surface area contributed by atoms with Crippen molar-refractivity contribution in [3.05, 3.63) is 83.3 Å². The van der Waals surface area contributed by atoms with Gasteiger partial charge in [-0.25, -0.2) is 4.39 Å². The molecule has 0 radical (unpaired) electrons. The number of furan rings is 1. The Kier molecular flexibility index (Phi) is 4.77. The van der Waals surface area contributed by atoms with Gasteiger partial charge in [-0.3, -0.25) is 4.57 Å². The first kappa shape index (κ1) is 16.9. The maximum Gasteiger partial charge on any atom is 0.205 e. The van der Waals surface area contributed by atoms with E-state index < -0.39 is 0 Å². The minimum absolute atomic E-state index is 0.251. The van der Waals surface area contributed by atoms with Crippen LogP contribution < -0.4 is 0 Å². The smallest absolute Gasteiger partial charge is 0.205 e. The molecule has 0 fully saturated rings. The molecule has 0 atom stereocenters. The largest absolute Gasteiger partial charge is 0.461 e. The van der Waals surface area contributed by atoms with Gasteiger partial charge in [0, 0.05) is 16.5 Å². The average molecular weight is 386 g/mol. The van der Waals surface area contributed by atoms with Crippen LogP contribution in [0.15, 0.2) is 76.5 Å². The molecule has 0 N–H and O–H groups in total. The highest BCUT2D eigenvalue weighted by Gasteiger charge is 2.18. The summed E-state index contributed by atoms with van der Waals surface area (Å²) in [5, 5.41) is 9.91. The maximum atomic E-state index is 13.4. The Balaban J connectivity index is 1.71. The second kappa shape index (κ2) is 7.35. The summed E-state index contributed by atoms with van der Waals surface area (Å²) in [5.41, 5.74) is 1.74. The first-order valence-corrected chi connectivity index (χ1v) is 9.19. The molecule has 0 spiro atoms. The lowest BCUT2D eigenvalue weighted by atomic mass is 10.2. The molecule has 0 amide bonds. The standard InChI is InChI=1S/C19H13ClFN3OS/c20-14-6-8-16(9-7-14)24-18(17-5-2-10-25-17)22-23-19(24)26-12-13-3-1-4-15(21)11-13/h1-11H,12H2. The number of benzene rings is 2. The molecule has 0 aliphatic carbocycles. The molecule has 7 heteroatoms. The number of halogens is 2. The third kappa shape index (κ3) is 3.52. The summed E-state index contributed by atoms with van der Waals surface area (Å²) in [4.78, 5) is 0. The molecule has 2 aromatic carbocycles. The Labute approximate surface area is 158 Å². The second-order valence-electron chi connectivity index (χ2n) is 5.51. The zero-order valence-corrected chi connectivity index (χ0v) is 15.0. The van der Waals surface area contributed by atoms with Crippen LogP contribution in [0.2, 0.25) is 5.02 Å². The fraction of sp³-hybridized carbons (Fsp3) is 0.0526. The van der Waals surface area contributed by atoms with Crippen molar-refractivity contribution in [1.29, 1.82) is 0 Å². The lowest BCUT2D eigenvalue weighted by Gasteiger charge is -2.09. The van der Waals surface area contributed by atoms with Gasteiger partial charge in [-0.2, -0.15) is 0 Å². The van der Waals surface area contributed by atoms with E-state index in [1.807, 2.05) is 41.0 Å². The molecule has 0 unspecified atom stereocenters. The summed E-state index contributed by atoms with van der Waals surface area (Å²) < 4.78 is 20.8. The topological polar surface area (TPSA) is 43.9 Å². The predicted octanol–water partition coefficient (Wildman–Crippen LogP) is 5.61. The lowest BCUT2D eigenvalue weighted by Crippen LogP contribution is -1.99. The summed E-state index contributed by atoms with van der Waals surface area (Å²) >= 11 is 7.48. The van der Waals surface area contributed by atoms with Crippen LogP contribution in [0.3, 0.4) is 0 Å². The molecule has 0 aliphatic heterocycles. The first-order chi connectivity index (χ1) is 12.7. The van der Waals surface area contributed by atoms with Crippen molar-refractivity contribution in [2.24, 2.45) is 0 Å². The highest BCUT2D eigenvalue weighted by molar-refractivity contribution is 7.98. The first-order valence-electron chi connectivity index (χ1n) is 7.83. The van der Waals surface area contributed by atoms with Crippen LogP contribution >= 0.6 is 23.4 Å². The lowest BCUT2D eigenvalue weighted by molar-refractivity contribution is 0.575. The van der Waals surface area contributed by atoms with Gasteiger partial charge in [-0.15, -0.1) is 10.2 Å². The summed E-state index contributed by atoms with van der Waals surface area (Å²) in [6.45, 7) is 0. The van der Waals surface area contributed by atoms with Gasteiger partial charge in [0.05, 0.1) is 6.26 Å². The Morgan fingerprint density at radius 1 is 1.04 bits per heavy atom. The fourth-order valence-electron chi connectivity index (χ4n) is 2.53. The Morgan fingerprint density at radius 3 is 2.62 bits per heavy atom. The maximum absolute atomic E-state index is 13.4. The van der Waals surface area contributed by atoms with Gasteiger partial charge in [0.25, 0.3) is 0 Å². The van der Waals surface area contributed by atoms with Crippen LogP contribution in [0.1, 0.15) is 5.56 Å². The van der Waals surface area contributed by atoms with E-state index in [0.29, 0.717) is 27.5 Å². The summed E-state index contributed by atoms with van der Waals surface area (Å²) in [6.07, 6.45) is 1.59. The van der Waals surface area contributed by atoms with E-state index in [4.69, 9.17) is 16.0 Å². The zero-order valence-electron chi connectivity index (χ0n) is 13.5. The zero-order chi connectivity index (χ0) is 17.9. The molecule has 26 heavy (non-hydrogen) atoms. The van der Waals surface area contributed by atoms with Crippen molar-refractivity contribution in [3.63, 3.8) is 0 Å². The second-order valence-corrected chi connectivity index (χ2v) is 6.89. The molecule has 0 saturated heterocycles. The molecular formula is C19H13ClFN3OS. The van der Waals surface area contributed by atoms with Crippen LogP contribution in [0, 0.1) is 5.82 Å². The van der Waals surface area contributed by atoms with Crippen LogP contribution in [-0.4, -0.2) is 14.8 Å². The van der Waals surface area contributed by atoms with Crippen molar-refractivity contribution < 1.29 is 8.81 Å². The van der Waals surface area contributed by atoms with Gasteiger partial charge in [-0.05, 0) is 54.1 Å². The Bertz CT molecular complexity index is 1020. The Morgan fingerprint density at radius 2 is 1.88 bits per heavy atom. The van der Waals surface area contributed by atoms with Crippen molar-refractivity contribution >= 4 is 23.4 Å². The van der Waals surface area contributed by atoms with Gasteiger partial charge in [0.1, 0.15) is 5.82 Å². The highest BCUT2D eigenvalue weighted by atomic mass is 35.5. The van der Waals surface area contributed by atoms with Gasteiger partial charge < -0.3 is 4.42 Å². The van der Waals surface area contributed by atoms with E-state index in [0.717, 1.165) is 11.3 Å². The van der Waals surface area contributed by atoms with Gasteiger partial charge >= 0.3 is 0 Å². The molecule has 0 bridgehead atoms. The third-order valence-corrected chi connectivity index (χ3v) is 4.97. The van der Waals surface area contributed by atoms with Crippen molar-refractivity contribution in [2.45, 2.75) is 10.9 Å². The van der Waals surface area contributed by atoms with Gasteiger partial charge in [-0.1, -0.05) is 35.5 Å².